The van der Waals surface area contributed by atoms with Gasteiger partial charge in [-0.1, -0.05) is 74.3 Å². The smallest absolute Gasteiger partial charge is 0.138 e. The Kier molecular flexibility index (Phi) is 3.79. The summed E-state index contributed by atoms with van der Waals surface area (Å²) < 4.78 is 2.06. The fourth-order valence-electron chi connectivity index (χ4n) is 2.69. The van der Waals surface area contributed by atoms with Gasteiger partial charge in [0.2, 0.25) is 0 Å². The molecule has 23 heavy (non-hydrogen) atoms. The van der Waals surface area contributed by atoms with Gasteiger partial charge in [-0.15, -0.1) is 0 Å². The molecule has 0 saturated heterocycles. The van der Waals surface area contributed by atoms with Crippen LogP contribution in [0.2, 0.25) is 0 Å². The van der Waals surface area contributed by atoms with E-state index in [4.69, 9.17) is 4.99 Å². The van der Waals surface area contributed by atoms with Gasteiger partial charge in [-0.2, -0.15) is 0 Å². The largest absolute Gasteiger partial charge is 0.339 e. The quantitative estimate of drug-likeness (QED) is 0.478. The molecule has 2 nitrogen and oxygen atoms in total. The first-order valence-corrected chi connectivity index (χ1v) is 8.80. The highest BCUT2D eigenvalue weighted by molar-refractivity contribution is 9.10. The first-order chi connectivity index (χ1) is 11.2. The molecule has 0 fully saturated rings. The van der Waals surface area contributed by atoms with E-state index >= 15 is 0 Å². The maximum absolute atomic E-state index is 4.87. The van der Waals surface area contributed by atoms with Gasteiger partial charge in [0.15, 0.2) is 0 Å². The number of hydrogen-bond donors (Lipinski definition) is 1. The van der Waals surface area contributed by atoms with Crippen LogP contribution in [-0.2, 0) is 0 Å². The molecule has 0 aromatic heterocycles. The second-order valence-corrected chi connectivity index (χ2v) is 7.13. The number of nitrogens with one attached hydrogen (secondary N) is 1. The number of hydrogen-bond acceptors (Lipinski definition) is 2. The van der Waals surface area contributed by atoms with Gasteiger partial charge in [-0.05, 0) is 24.3 Å². The molecule has 0 saturated carbocycles. The Morgan fingerprint density at radius 2 is 1.43 bits per heavy atom. The fraction of sp³-hybridized carbons (Fsp3) is 0. The van der Waals surface area contributed by atoms with Crippen LogP contribution in [0, 0.1) is 0 Å². The fourth-order valence-corrected chi connectivity index (χ4v) is 3.40. The SMILES string of the molecule is Brc1ccc2c(c1)N=C(c1ccccc1)Nc1cc(Br)ccc1-2. The molecule has 3 aromatic carbocycles. The molecule has 0 spiro atoms. The summed E-state index contributed by atoms with van der Waals surface area (Å²) in [6.07, 6.45) is 0. The van der Waals surface area contributed by atoms with Crippen LogP contribution in [-0.4, -0.2) is 5.84 Å². The van der Waals surface area contributed by atoms with E-state index < -0.39 is 0 Å². The number of halogens is 2. The average molecular weight is 428 g/mol. The van der Waals surface area contributed by atoms with Crippen LogP contribution in [0.4, 0.5) is 11.4 Å². The summed E-state index contributed by atoms with van der Waals surface area (Å²) in [5, 5.41) is 3.49. The minimum atomic E-state index is 0.849. The topological polar surface area (TPSA) is 24.4 Å². The summed E-state index contributed by atoms with van der Waals surface area (Å²) in [5.41, 5.74) is 5.32. The van der Waals surface area contributed by atoms with Crippen molar-refractivity contribution in [1.29, 1.82) is 0 Å². The molecular weight excluding hydrogens is 416 g/mol. The summed E-state index contributed by atoms with van der Waals surface area (Å²) in [7, 11) is 0. The van der Waals surface area contributed by atoms with Gasteiger partial charge in [0.1, 0.15) is 5.84 Å². The summed E-state index contributed by atoms with van der Waals surface area (Å²) in [6.45, 7) is 0. The lowest BCUT2D eigenvalue weighted by Gasteiger charge is -2.11. The standard InChI is InChI=1S/C19H12Br2N2/c20-13-6-8-15-16-9-7-14(21)11-18(16)23-19(22-17(15)10-13)12-4-2-1-3-5-12/h1-11H,(H,22,23). The Balaban J connectivity index is 1.98. The molecule has 1 N–H and O–H groups in total. The van der Waals surface area contributed by atoms with Gasteiger partial charge >= 0.3 is 0 Å². The number of rotatable bonds is 1. The van der Waals surface area contributed by atoms with Crippen LogP contribution >= 0.6 is 31.9 Å². The molecule has 0 bridgehead atoms. The number of benzene rings is 3. The van der Waals surface area contributed by atoms with Crippen molar-refractivity contribution in [3.63, 3.8) is 0 Å². The van der Waals surface area contributed by atoms with E-state index in [0.29, 0.717) is 0 Å². The molecule has 0 atom stereocenters. The van der Waals surface area contributed by atoms with Gasteiger partial charge in [0.05, 0.1) is 5.69 Å². The highest BCUT2D eigenvalue weighted by Crippen LogP contribution is 2.40. The van der Waals surface area contributed by atoms with Crippen LogP contribution < -0.4 is 5.32 Å². The third kappa shape index (κ3) is 2.84. The number of amidine groups is 1. The molecule has 0 radical (unpaired) electrons. The third-order valence-corrected chi connectivity index (χ3v) is 4.75. The van der Waals surface area contributed by atoms with Crippen molar-refractivity contribution in [2.45, 2.75) is 0 Å². The zero-order chi connectivity index (χ0) is 15.8. The highest BCUT2D eigenvalue weighted by atomic mass is 79.9. The molecule has 0 amide bonds. The van der Waals surface area contributed by atoms with Crippen molar-refractivity contribution >= 4 is 49.1 Å². The van der Waals surface area contributed by atoms with E-state index in [9.17, 15) is 0 Å². The lowest BCUT2D eigenvalue weighted by atomic mass is 10.0. The monoisotopic (exact) mass is 426 g/mol. The molecule has 0 unspecified atom stereocenters. The van der Waals surface area contributed by atoms with Crippen molar-refractivity contribution in [1.82, 2.24) is 0 Å². The van der Waals surface area contributed by atoms with E-state index in [2.05, 4.69) is 79.6 Å². The minimum Gasteiger partial charge on any atom is -0.339 e. The van der Waals surface area contributed by atoms with Crippen LogP contribution in [0.15, 0.2) is 80.7 Å². The summed E-state index contributed by atoms with van der Waals surface area (Å²) in [4.78, 5) is 4.87. The van der Waals surface area contributed by atoms with Gasteiger partial charge in [-0.3, -0.25) is 0 Å². The molecule has 4 rings (SSSR count). The van der Waals surface area contributed by atoms with Gasteiger partial charge in [0.25, 0.3) is 0 Å². The third-order valence-electron chi connectivity index (χ3n) is 3.76. The van der Waals surface area contributed by atoms with Crippen LogP contribution in [0.3, 0.4) is 0 Å². The summed E-state index contributed by atoms with van der Waals surface area (Å²) >= 11 is 7.10. The Bertz CT molecular complexity index is 918. The predicted molar refractivity (Wildman–Crippen MR) is 104 cm³/mol. The molecular formula is C19H12Br2N2. The van der Waals surface area contributed by atoms with Crippen LogP contribution in [0.5, 0.6) is 0 Å². The van der Waals surface area contributed by atoms with Gasteiger partial charge in [0, 0.05) is 31.3 Å². The number of fused-ring (bicyclic) bond motifs is 3. The highest BCUT2D eigenvalue weighted by Gasteiger charge is 2.17. The Morgan fingerprint density at radius 1 is 0.739 bits per heavy atom. The first kappa shape index (κ1) is 14.7. The van der Waals surface area contributed by atoms with E-state index in [1.807, 2.05) is 24.3 Å². The Hall–Kier alpha value is -1.91. The number of aliphatic imine (C=N–C) groups is 1. The molecule has 3 aromatic rings. The molecule has 0 aliphatic carbocycles. The number of anilines is 1. The van der Waals surface area contributed by atoms with E-state index in [-0.39, 0.29) is 0 Å². The van der Waals surface area contributed by atoms with Crippen molar-refractivity contribution in [3.8, 4) is 11.1 Å². The lowest BCUT2D eigenvalue weighted by Crippen LogP contribution is -2.12. The maximum Gasteiger partial charge on any atom is 0.138 e. The minimum absolute atomic E-state index is 0.849. The Labute approximate surface area is 151 Å². The van der Waals surface area contributed by atoms with Crippen LogP contribution in [0.25, 0.3) is 11.1 Å². The van der Waals surface area contributed by atoms with Crippen molar-refractivity contribution in [3.05, 3.63) is 81.2 Å². The molecule has 1 heterocycles. The van der Waals surface area contributed by atoms with Crippen molar-refractivity contribution < 1.29 is 0 Å². The number of nitrogens with zero attached hydrogens (tertiary/aromatic N) is 1. The zero-order valence-corrected chi connectivity index (χ0v) is 15.2. The van der Waals surface area contributed by atoms with E-state index in [1.54, 1.807) is 0 Å². The maximum atomic E-state index is 4.87. The molecule has 1 aliphatic rings. The molecule has 1 aliphatic heterocycles. The van der Waals surface area contributed by atoms with E-state index in [0.717, 1.165) is 42.8 Å². The van der Waals surface area contributed by atoms with E-state index in [1.165, 1.54) is 0 Å². The van der Waals surface area contributed by atoms with Crippen LogP contribution in [0.1, 0.15) is 5.56 Å². The normalized spacial score (nSPS) is 12.5. The first-order valence-electron chi connectivity index (χ1n) is 7.21. The summed E-state index contributed by atoms with van der Waals surface area (Å²) in [6, 6.07) is 22.6. The summed E-state index contributed by atoms with van der Waals surface area (Å²) in [5.74, 6) is 0.849. The second kappa shape index (κ2) is 5.95. The predicted octanol–water partition coefficient (Wildman–Crippen LogP) is 6.38. The van der Waals surface area contributed by atoms with Crippen molar-refractivity contribution in [2.75, 3.05) is 5.32 Å². The zero-order valence-electron chi connectivity index (χ0n) is 12.1. The second-order valence-electron chi connectivity index (χ2n) is 5.30. The van der Waals surface area contributed by atoms with Crippen molar-refractivity contribution in [2.24, 2.45) is 4.99 Å². The van der Waals surface area contributed by atoms with Gasteiger partial charge in [-0.25, -0.2) is 4.99 Å². The molecule has 4 heteroatoms. The molecule has 112 valence electrons. The lowest BCUT2D eigenvalue weighted by molar-refractivity contribution is 1.48. The Morgan fingerprint density at radius 3 is 2.22 bits per heavy atom. The average Bonchev–Trinajstić information content (AvgIpc) is 2.71. The van der Waals surface area contributed by atoms with Gasteiger partial charge < -0.3 is 5.32 Å².